The Hall–Kier alpha value is -2.22. The van der Waals surface area contributed by atoms with Crippen LogP contribution in [0.3, 0.4) is 0 Å². The van der Waals surface area contributed by atoms with Gasteiger partial charge in [-0.3, -0.25) is 0 Å². The van der Waals surface area contributed by atoms with Crippen LogP contribution in [0.4, 0.5) is 0 Å². The van der Waals surface area contributed by atoms with Gasteiger partial charge in [0.2, 0.25) is 5.69 Å². The van der Waals surface area contributed by atoms with Crippen molar-refractivity contribution in [2.45, 2.75) is 27.2 Å². The molecule has 0 aliphatic heterocycles. The lowest BCUT2D eigenvalue weighted by Crippen LogP contribution is -2.30. The lowest BCUT2D eigenvalue weighted by Gasteiger charge is -2.08. The zero-order chi connectivity index (χ0) is 15.7. The number of benzene rings is 1. The number of hydrogen-bond acceptors (Lipinski definition) is 1. The molecule has 2 aromatic heterocycles. The average molecular weight is 291 g/mol. The van der Waals surface area contributed by atoms with Gasteiger partial charge in [-0.15, -0.1) is 0 Å². The van der Waals surface area contributed by atoms with E-state index < -0.39 is 0 Å². The Kier molecular flexibility index (Phi) is 3.93. The molecule has 0 radical (unpaired) electrons. The molecule has 0 fully saturated rings. The standard InChI is InChI=1S/C20H23N2/c1-14(2)9-16-10-17-11-20(18-8-6-5-7-15(18)3)22(4)13-19(17)21-12-16/h5-8,10-14H,9H2,1-4H3/q+1. The number of pyridine rings is 2. The van der Waals surface area contributed by atoms with Crippen molar-refractivity contribution in [3.63, 3.8) is 0 Å². The number of hydrogen-bond donors (Lipinski definition) is 0. The number of rotatable bonds is 3. The first-order valence-corrected chi connectivity index (χ1v) is 7.89. The normalized spacial score (nSPS) is 11.3. The molecular formula is C20H23N2+. The average Bonchev–Trinajstić information content (AvgIpc) is 2.47. The van der Waals surface area contributed by atoms with E-state index >= 15 is 0 Å². The molecule has 3 aromatic rings. The molecule has 0 saturated heterocycles. The topological polar surface area (TPSA) is 16.8 Å². The second-order valence-corrected chi connectivity index (χ2v) is 6.50. The van der Waals surface area contributed by atoms with Gasteiger partial charge in [0.25, 0.3) is 0 Å². The molecule has 2 nitrogen and oxygen atoms in total. The second kappa shape index (κ2) is 5.88. The highest BCUT2D eigenvalue weighted by molar-refractivity contribution is 5.81. The SMILES string of the molecule is Cc1ccccc1-c1cc2cc(CC(C)C)cnc2c[n+]1C. The van der Waals surface area contributed by atoms with Crippen molar-refractivity contribution in [2.24, 2.45) is 13.0 Å². The third-order valence-corrected chi connectivity index (χ3v) is 4.06. The zero-order valence-electron chi connectivity index (χ0n) is 13.8. The van der Waals surface area contributed by atoms with Gasteiger partial charge < -0.3 is 0 Å². The van der Waals surface area contributed by atoms with Crippen molar-refractivity contribution < 1.29 is 4.57 Å². The van der Waals surface area contributed by atoms with Crippen LogP contribution in [-0.4, -0.2) is 4.98 Å². The summed E-state index contributed by atoms with van der Waals surface area (Å²) in [6.07, 6.45) is 5.20. The van der Waals surface area contributed by atoms with E-state index in [1.165, 1.54) is 27.8 Å². The molecule has 0 amide bonds. The predicted octanol–water partition coefficient (Wildman–Crippen LogP) is 4.23. The first-order valence-electron chi connectivity index (χ1n) is 7.89. The molecular weight excluding hydrogens is 268 g/mol. The molecule has 2 heterocycles. The molecule has 3 rings (SSSR count). The summed E-state index contributed by atoms with van der Waals surface area (Å²) >= 11 is 0. The molecule has 0 aliphatic carbocycles. The van der Waals surface area contributed by atoms with Crippen LogP contribution in [0.1, 0.15) is 25.0 Å². The number of fused-ring (bicyclic) bond motifs is 1. The maximum atomic E-state index is 4.63. The lowest BCUT2D eigenvalue weighted by molar-refractivity contribution is -0.659. The van der Waals surface area contributed by atoms with Gasteiger partial charge in [-0.25, -0.2) is 4.98 Å². The van der Waals surface area contributed by atoms with E-state index in [1.807, 2.05) is 6.20 Å². The number of aromatic nitrogens is 2. The summed E-state index contributed by atoms with van der Waals surface area (Å²) < 4.78 is 2.17. The summed E-state index contributed by atoms with van der Waals surface area (Å²) in [5.41, 5.74) is 6.17. The highest BCUT2D eigenvalue weighted by Gasteiger charge is 2.14. The Balaban J connectivity index is 2.15. The van der Waals surface area contributed by atoms with Crippen molar-refractivity contribution in [1.29, 1.82) is 0 Å². The van der Waals surface area contributed by atoms with Crippen LogP contribution in [0, 0.1) is 12.8 Å². The smallest absolute Gasteiger partial charge is 0.213 e. The Morgan fingerprint density at radius 1 is 1.14 bits per heavy atom. The van der Waals surface area contributed by atoms with Crippen LogP contribution in [0.25, 0.3) is 22.2 Å². The third-order valence-electron chi connectivity index (χ3n) is 4.06. The Morgan fingerprint density at radius 2 is 1.91 bits per heavy atom. The van der Waals surface area contributed by atoms with E-state index in [1.54, 1.807) is 0 Å². The molecule has 0 unspecified atom stereocenters. The van der Waals surface area contributed by atoms with E-state index in [4.69, 9.17) is 0 Å². The molecule has 0 saturated carbocycles. The van der Waals surface area contributed by atoms with Gasteiger partial charge in [0.05, 0.1) is 0 Å². The number of aryl methyl sites for hydroxylation is 2. The fraction of sp³-hybridized carbons (Fsp3) is 0.300. The summed E-state index contributed by atoms with van der Waals surface area (Å²) in [6, 6.07) is 13.1. The molecule has 112 valence electrons. The molecule has 0 spiro atoms. The molecule has 1 aromatic carbocycles. The van der Waals surface area contributed by atoms with Crippen LogP contribution < -0.4 is 4.57 Å². The fourth-order valence-corrected chi connectivity index (χ4v) is 2.97. The minimum atomic E-state index is 0.648. The van der Waals surface area contributed by atoms with Crippen molar-refractivity contribution >= 4 is 10.9 Å². The quantitative estimate of drug-likeness (QED) is 0.660. The van der Waals surface area contributed by atoms with E-state index in [0.29, 0.717) is 5.92 Å². The van der Waals surface area contributed by atoms with Gasteiger partial charge in [0, 0.05) is 23.2 Å². The van der Waals surface area contributed by atoms with E-state index in [9.17, 15) is 0 Å². The van der Waals surface area contributed by atoms with E-state index in [2.05, 4.69) is 80.0 Å². The minimum Gasteiger partial charge on any atom is -0.250 e. The lowest BCUT2D eigenvalue weighted by atomic mass is 10.0. The van der Waals surface area contributed by atoms with E-state index in [0.717, 1.165) is 11.9 Å². The Labute approximate surface area is 132 Å². The van der Waals surface area contributed by atoms with Gasteiger partial charge in [-0.2, -0.15) is 4.57 Å². The molecule has 0 atom stereocenters. The third kappa shape index (κ3) is 2.87. The monoisotopic (exact) mass is 291 g/mol. The first-order chi connectivity index (χ1) is 10.5. The Bertz CT molecular complexity index is 819. The van der Waals surface area contributed by atoms with Crippen molar-refractivity contribution in [3.8, 4) is 11.3 Å². The van der Waals surface area contributed by atoms with Gasteiger partial charge in [0.15, 0.2) is 6.20 Å². The van der Waals surface area contributed by atoms with Crippen molar-refractivity contribution in [3.05, 3.63) is 59.9 Å². The minimum absolute atomic E-state index is 0.648. The first kappa shape index (κ1) is 14.7. The van der Waals surface area contributed by atoms with Gasteiger partial charge in [-0.1, -0.05) is 32.0 Å². The van der Waals surface area contributed by atoms with Crippen molar-refractivity contribution in [2.75, 3.05) is 0 Å². The van der Waals surface area contributed by atoms with Crippen molar-refractivity contribution in [1.82, 2.24) is 4.98 Å². The maximum Gasteiger partial charge on any atom is 0.213 e. The second-order valence-electron chi connectivity index (χ2n) is 6.50. The summed E-state index contributed by atoms with van der Waals surface area (Å²) in [7, 11) is 2.09. The summed E-state index contributed by atoms with van der Waals surface area (Å²) in [6.45, 7) is 6.65. The molecule has 22 heavy (non-hydrogen) atoms. The largest absolute Gasteiger partial charge is 0.250 e. The van der Waals surface area contributed by atoms with Crippen LogP contribution in [0.5, 0.6) is 0 Å². The highest BCUT2D eigenvalue weighted by Crippen LogP contribution is 2.23. The van der Waals surface area contributed by atoms with Crippen LogP contribution >= 0.6 is 0 Å². The van der Waals surface area contributed by atoms with Crippen LogP contribution in [0.15, 0.2) is 48.8 Å². The van der Waals surface area contributed by atoms with Gasteiger partial charge in [0.1, 0.15) is 12.6 Å². The zero-order valence-corrected chi connectivity index (χ0v) is 13.8. The van der Waals surface area contributed by atoms with Gasteiger partial charge >= 0.3 is 0 Å². The summed E-state index contributed by atoms with van der Waals surface area (Å²) in [5.74, 6) is 0.648. The van der Waals surface area contributed by atoms with Crippen LogP contribution in [-0.2, 0) is 13.5 Å². The van der Waals surface area contributed by atoms with Crippen LogP contribution in [0.2, 0.25) is 0 Å². The molecule has 0 bridgehead atoms. The maximum absolute atomic E-state index is 4.63. The molecule has 0 N–H and O–H groups in total. The Morgan fingerprint density at radius 3 is 2.64 bits per heavy atom. The predicted molar refractivity (Wildman–Crippen MR) is 91.6 cm³/mol. The van der Waals surface area contributed by atoms with Gasteiger partial charge in [-0.05, 0) is 42.5 Å². The molecule has 0 aliphatic rings. The highest BCUT2D eigenvalue weighted by atomic mass is 14.9. The van der Waals surface area contributed by atoms with E-state index in [-0.39, 0.29) is 0 Å². The molecule has 2 heteroatoms. The summed E-state index contributed by atoms with van der Waals surface area (Å²) in [4.78, 5) is 4.63. The fourth-order valence-electron chi connectivity index (χ4n) is 2.97. The summed E-state index contributed by atoms with van der Waals surface area (Å²) in [5, 5.41) is 1.22. The number of nitrogens with zero attached hydrogens (tertiary/aromatic N) is 2.